The third-order valence-corrected chi connectivity index (χ3v) is 4.01. The highest BCUT2D eigenvalue weighted by Crippen LogP contribution is 2.45. The van der Waals surface area contributed by atoms with Gasteiger partial charge in [0, 0.05) is 17.7 Å². The van der Waals surface area contributed by atoms with Crippen LogP contribution in [0.1, 0.15) is 28.4 Å². The quantitative estimate of drug-likeness (QED) is 0.326. The molecule has 1 saturated carbocycles. The highest BCUT2D eigenvalue weighted by Gasteiger charge is 2.43. The maximum Gasteiger partial charge on any atom is 0.336 e. The van der Waals surface area contributed by atoms with E-state index in [0.717, 1.165) is 12.3 Å². The molecule has 0 radical (unpaired) electrons. The van der Waals surface area contributed by atoms with Crippen LogP contribution in [0.25, 0.3) is 0 Å². The second-order valence-corrected chi connectivity index (χ2v) is 6.00. The lowest BCUT2D eigenvalue weighted by atomic mass is 10.1. The number of benzene rings is 1. The smallest absolute Gasteiger partial charge is 0.336 e. The van der Waals surface area contributed by atoms with Gasteiger partial charge in [-0.3, -0.25) is 4.79 Å². The van der Waals surface area contributed by atoms with Gasteiger partial charge in [-0.25, -0.2) is 18.7 Å². The summed E-state index contributed by atoms with van der Waals surface area (Å²) in [6, 6.07) is 1.29. The summed E-state index contributed by atoms with van der Waals surface area (Å²) in [5.41, 5.74) is 5.02. The van der Waals surface area contributed by atoms with Gasteiger partial charge in [0.25, 0.3) is 11.9 Å². The van der Waals surface area contributed by atoms with Crippen molar-refractivity contribution in [2.75, 3.05) is 12.4 Å². The highest BCUT2D eigenvalue weighted by atomic mass is 19.3. The molecule has 0 spiro atoms. The van der Waals surface area contributed by atoms with Crippen molar-refractivity contribution in [3.8, 4) is 5.88 Å². The van der Waals surface area contributed by atoms with Gasteiger partial charge in [-0.2, -0.15) is 13.8 Å². The Kier molecular flexibility index (Phi) is 5.80. The van der Waals surface area contributed by atoms with Gasteiger partial charge in [0.2, 0.25) is 5.88 Å². The number of aliphatic imine (C=N–C) groups is 1. The number of nitrogens with zero attached hydrogens (tertiary/aromatic N) is 3. The van der Waals surface area contributed by atoms with Gasteiger partial charge in [0.1, 0.15) is 11.8 Å². The van der Waals surface area contributed by atoms with Gasteiger partial charge >= 0.3 is 6.55 Å². The molecule has 0 saturated heterocycles. The average molecular weight is 413 g/mol. The number of amides is 1. The molecule has 0 bridgehead atoms. The van der Waals surface area contributed by atoms with Crippen LogP contribution in [-0.4, -0.2) is 41.7 Å². The summed E-state index contributed by atoms with van der Waals surface area (Å²) in [6.07, 6.45) is 1.87. The summed E-state index contributed by atoms with van der Waals surface area (Å²) in [5.74, 6) is -3.46. The summed E-state index contributed by atoms with van der Waals surface area (Å²) in [5, 5.41) is 2.39. The highest BCUT2D eigenvalue weighted by molar-refractivity contribution is 6.02. The van der Waals surface area contributed by atoms with Gasteiger partial charge in [0.15, 0.2) is 11.6 Å². The topological polar surface area (TPSA) is 112 Å². The lowest BCUT2D eigenvalue weighted by Gasteiger charge is -2.10. The number of alkyl halides is 2. The molecule has 1 amide bonds. The molecular weight excluding hydrogens is 398 g/mol. The average Bonchev–Trinajstić information content (AvgIpc) is 3.42. The van der Waals surface area contributed by atoms with Crippen molar-refractivity contribution in [2.24, 2.45) is 10.7 Å². The number of anilines is 1. The Bertz CT molecular complexity index is 939. The van der Waals surface area contributed by atoms with Crippen LogP contribution in [0.15, 0.2) is 29.5 Å². The fourth-order valence-electron chi connectivity index (χ4n) is 2.60. The van der Waals surface area contributed by atoms with E-state index in [1.54, 1.807) is 0 Å². The molecule has 1 aromatic heterocycles. The number of nitrogens with two attached hydrogens (primary N) is 1. The third-order valence-electron chi connectivity index (χ3n) is 4.01. The molecule has 0 unspecified atom stereocenters. The zero-order valence-corrected chi connectivity index (χ0v) is 14.9. The summed E-state index contributed by atoms with van der Waals surface area (Å²) in [7, 11) is 1.38. The molecule has 1 aliphatic carbocycles. The lowest BCUT2D eigenvalue weighted by molar-refractivity contribution is 0.102. The zero-order valence-electron chi connectivity index (χ0n) is 14.9. The Morgan fingerprint density at radius 2 is 2.07 bits per heavy atom. The second kappa shape index (κ2) is 8.29. The van der Waals surface area contributed by atoms with Crippen LogP contribution in [-0.2, 0) is 4.74 Å². The zero-order chi connectivity index (χ0) is 21.1. The van der Waals surface area contributed by atoms with E-state index in [0.29, 0.717) is 0 Å². The lowest BCUT2D eigenvalue weighted by Crippen LogP contribution is -2.19. The Morgan fingerprint density at radius 1 is 1.31 bits per heavy atom. The first-order valence-electron chi connectivity index (χ1n) is 8.23. The number of nitrogens with one attached hydrogen (secondary N) is 1. The van der Waals surface area contributed by atoms with E-state index >= 15 is 0 Å². The first-order valence-corrected chi connectivity index (χ1v) is 8.23. The van der Waals surface area contributed by atoms with Crippen molar-refractivity contribution in [3.63, 3.8) is 0 Å². The summed E-state index contributed by atoms with van der Waals surface area (Å²) < 4.78 is 62.3. The molecule has 8 nitrogen and oxygen atoms in total. The van der Waals surface area contributed by atoms with Crippen LogP contribution in [0.4, 0.5) is 23.2 Å². The number of carbonyl (C=O) groups excluding carboxylic acids is 1. The van der Waals surface area contributed by atoms with Gasteiger partial charge < -0.3 is 20.5 Å². The van der Waals surface area contributed by atoms with Crippen LogP contribution >= 0.6 is 0 Å². The molecule has 1 heterocycles. The Morgan fingerprint density at radius 3 is 2.69 bits per heavy atom. The Hall–Kier alpha value is -3.44. The molecule has 1 aromatic carbocycles. The standard InChI is InChI=1S/C17H15F4N5O3/c1-28-13-6-23-11(5-24-13)15(27)25-7-2-9(14(19)10(18)3-7)8-4-12(8)29-17(22)26-16(20)21/h2-3,5-6,8,12,16H,4H2,1H3,(H2,22,26)(H,25,27)/t8-,12-/m1/s1. The van der Waals surface area contributed by atoms with Crippen LogP contribution in [0.2, 0.25) is 0 Å². The van der Waals surface area contributed by atoms with E-state index < -0.39 is 42.1 Å². The second-order valence-electron chi connectivity index (χ2n) is 6.00. The van der Waals surface area contributed by atoms with E-state index in [1.165, 1.54) is 19.4 Å². The summed E-state index contributed by atoms with van der Waals surface area (Å²) >= 11 is 0. The van der Waals surface area contributed by atoms with E-state index in [1.807, 2.05) is 0 Å². The molecule has 154 valence electrons. The van der Waals surface area contributed by atoms with Crippen molar-refractivity contribution in [1.82, 2.24) is 9.97 Å². The van der Waals surface area contributed by atoms with Crippen molar-refractivity contribution >= 4 is 17.6 Å². The van der Waals surface area contributed by atoms with Gasteiger partial charge in [-0.15, -0.1) is 0 Å². The first-order chi connectivity index (χ1) is 13.8. The van der Waals surface area contributed by atoms with Crippen molar-refractivity contribution in [2.45, 2.75) is 25.0 Å². The predicted octanol–water partition coefficient (Wildman–Crippen LogP) is 2.43. The fourth-order valence-corrected chi connectivity index (χ4v) is 2.60. The van der Waals surface area contributed by atoms with Crippen molar-refractivity contribution in [1.29, 1.82) is 0 Å². The number of carbonyl (C=O) groups is 1. The third kappa shape index (κ3) is 4.89. The molecule has 1 aliphatic rings. The number of aromatic nitrogens is 2. The number of hydrogen-bond donors (Lipinski definition) is 2. The number of hydrogen-bond acceptors (Lipinski definition) is 6. The van der Waals surface area contributed by atoms with Gasteiger partial charge in [-0.1, -0.05) is 0 Å². The van der Waals surface area contributed by atoms with E-state index in [4.69, 9.17) is 15.2 Å². The molecular formula is C17H15F4N5O3. The largest absolute Gasteiger partial charge is 0.480 e. The van der Waals surface area contributed by atoms with Crippen molar-refractivity contribution < 1.29 is 31.8 Å². The van der Waals surface area contributed by atoms with E-state index in [2.05, 4.69) is 20.3 Å². The SMILES string of the molecule is COc1cnc(C(=O)Nc2cc(F)c(F)c([C@H]3C[C@H]3OC(N)=NC(F)F)c2)cn1. The fraction of sp³-hybridized carbons (Fsp3) is 0.294. The minimum atomic E-state index is -3.04. The monoisotopic (exact) mass is 413 g/mol. The van der Waals surface area contributed by atoms with Crippen LogP contribution in [0, 0.1) is 11.6 Å². The maximum absolute atomic E-state index is 14.2. The Balaban J connectivity index is 1.73. The van der Waals surface area contributed by atoms with Crippen LogP contribution < -0.4 is 15.8 Å². The number of ether oxygens (including phenoxy) is 2. The van der Waals surface area contributed by atoms with E-state index in [9.17, 15) is 22.4 Å². The summed E-state index contributed by atoms with van der Waals surface area (Å²) in [6.45, 7) is -3.04. The normalized spacial score (nSPS) is 18.5. The predicted molar refractivity (Wildman–Crippen MR) is 92.8 cm³/mol. The van der Waals surface area contributed by atoms with E-state index in [-0.39, 0.29) is 29.2 Å². The number of methoxy groups -OCH3 is 1. The molecule has 12 heteroatoms. The number of amidine groups is 1. The molecule has 0 aliphatic heterocycles. The van der Waals surface area contributed by atoms with Crippen molar-refractivity contribution in [3.05, 3.63) is 47.4 Å². The molecule has 29 heavy (non-hydrogen) atoms. The Labute approximate surface area is 161 Å². The molecule has 1 fully saturated rings. The first kappa shape index (κ1) is 20.3. The number of halogens is 4. The molecule has 2 atom stereocenters. The molecule has 3 rings (SSSR count). The molecule has 2 aromatic rings. The maximum atomic E-state index is 14.2. The van der Waals surface area contributed by atoms with Gasteiger partial charge in [-0.05, 0) is 18.1 Å². The molecule has 3 N–H and O–H groups in total. The van der Waals surface area contributed by atoms with Crippen LogP contribution in [0.5, 0.6) is 5.88 Å². The summed E-state index contributed by atoms with van der Waals surface area (Å²) in [4.78, 5) is 22.6. The number of rotatable bonds is 6. The minimum absolute atomic E-state index is 0.0265. The van der Waals surface area contributed by atoms with Gasteiger partial charge in [0.05, 0.1) is 19.5 Å². The van der Waals surface area contributed by atoms with Crippen LogP contribution in [0.3, 0.4) is 0 Å². The minimum Gasteiger partial charge on any atom is -0.480 e.